The number of fused-ring (bicyclic) bond motifs is 1. The van der Waals surface area contributed by atoms with Gasteiger partial charge in [0, 0.05) is 24.6 Å². The molecule has 18 heavy (non-hydrogen) atoms. The highest BCUT2D eigenvalue weighted by Gasteiger charge is 2.36. The highest BCUT2D eigenvalue weighted by molar-refractivity contribution is 5.79. The van der Waals surface area contributed by atoms with E-state index in [0.717, 1.165) is 18.4 Å². The number of nitro benzene ring substituents is 1. The molecule has 1 aliphatic rings. The van der Waals surface area contributed by atoms with Crippen LogP contribution in [0.3, 0.4) is 0 Å². The van der Waals surface area contributed by atoms with Crippen molar-refractivity contribution in [1.82, 2.24) is 0 Å². The van der Waals surface area contributed by atoms with Crippen molar-refractivity contribution in [3.05, 3.63) is 33.9 Å². The molecule has 96 valence electrons. The van der Waals surface area contributed by atoms with Gasteiger partial charge in [0.15, 0.2) is 5.90 Å². The maximum Gasteiger partial charge on any atom is 0.270 e. The predicted octanol–water partition coefficient (Wildman–Crippen LogP) is 3.42. The first-order valence-electron chi connectivity index (χ1n) is 6.05. The van der Waals surface area contributed by atoms with Gasteiger partial charge < -0.3 is 4.74 Å². The maximum atomic E-state index is 10.9. The molecular weight excluding hydrogens is 232 g/mol. The maximum absolute atomic E-state index is 10.9. The Balaban J connectivity index is 2.62. The number of benzene rings is 1. The number of rotatable bonds is 3. The van der Waals surface area contributed by atoms with Crippen molar-refractivity contribution in [3.8, 4) is 5.75 Å². The summed E-state index contributed by atoms with van der Waals surface area (Å²) in [6, 6.07) is 4.71. The first-order valence-corrected chi connectivity index (χ1v) is 6.05. The smallest absolute Gasteiger partial charge is 0.270 e. The van der Waals surface area contributed by atoms with Crippen LogP contribution in [0.25, 0.3) is 0 Å². The fraction of sp³-hybridized carbons (Fsp3) is 0.462. The van der Waals surface area contributed by atoms with Crippen molar-refractivity contribution >= 4 is 11.6 Å². The lowest BCUT2D eigenvalue weighted by molar-refractivity contribution is -0.385. The van der Waals surface area contributed by atoms with E-state index < -0.39 is 5.54 Å². The van der Waals surface area contributed by atoms with Gasteiger partial charge in [0.1, 0.15) is 5.75 Å². The van der Waals surface area contributed by atoms with Crippen LogP contribution in [0.1, 0.15) is 39.2 Å². The van der Waals surface area contributed by atoms with Crippen LogP contribution in [0, 0.1) is 10.1 Å². The molecule has 0 saturated heterocycles. The molecule has 2 rings (SSSR count). The van der Waals surface area contributed by atoms with E-state index in [1.165, 1.54) is 6.07 Å². The molecule has 0 aromatic heterocycles. The van der Waals surface area contributed by atoms with E-state index in [-0.39, 0.29) is 10.6 Å². The van der Waals surface area contributed by atoms with Gasteiger partial charge in [-0.2, -0.15) is 0 Å². The Kier molecular flexibility index (Phi) is 3.07. The van der Waals surface area contributed by atoms with Gasteiger partial charge in [0.2, 0.25) is 0 Å². The summed E-state index contributed by atoms with van der Waals surface area (Å²) in [5, 5.41) is 10.9. The molecule has 0 amide bonds. The summed E-state index contributed by atoms with van der Waals surface area (Å²) in [6.45, 7) is 5.88. The molecule has 1 aliphatic heterocycles. The highest BCUT2D eigenvalue weighted by atomic mass is 16.6. The molecule has 0 unspecified atom stereocenters. The molecule has 5 heteroatoms. The minimum absolute atomic E-state index is 0.0818. The van der Waals surface area contributed by atoms with Gasteiger partial charge in [-0.1, -0.05) is 13.8 Å². The first-order chi connectivity index (χ1) is 8.52. The Morgan fingerprint density at radius 3 is 2.61 bits per heavy atom. The van der Waals surface area contributed by atoms with Crippen LogP contribution >= 0.6 is 0 Å². The fourth-order valence-corrected chi connectivity index (χ4v) is 2.42. The summed E-state index contributed by atoms with van der Waals surface area (Å²) in [4.78, 5) is 15.0. The van der Waals surface area contributed by atoms with Crippen molar-refractivity contribution < 1.29 is 9.66 Å². The van der Waals surface area contributed by atoms with Gasteiger partial charge in [-0.15, -0.1) is 0 Å². The molecule has 0 aliphatic carbocycles. The average molecular weight is 248 g/mol. The minimum Gasteiger partial charge on any atom is -0.443 e. The number of hydrogen-bond acceptors (Lipinski definition) is 4. The molecule has 0 fully saturated rings. The zero-order valence-corrected chi connectivity index (χ0v) is 10.8. The average Bonchev–Trinajstić information content (AvgIpc) is 2.36. The highest BCUT2D eigenvalue weighted by Crippen LogP contribution is 2.43. The van der Waals surface area contributed by atoms with E-state index >= 15 is 0 Å². The first kappa shape index (κ1) is 12.5. The number of ether oxygens (including phenoxy) is 1. The van der Waals surface area contributed by atoms with Crippen molar-refractivity contribution in [1.29, 1.82) is 0 Å². The largest absolute Gasteiger partial charge is 0.443 e. The summed E-state index contributed by atoms with van der Waals surface area (Å²) >= 11 is 0. The lowest BCUT2D eigenvalue weighted by Gasteiger charge is -2.33. The van der Waals surface area contributed by atoms with E-state index in [1.54, 1.807) is 12.1 Å². The number of nitrogens with zero attached hydrogens (tertiary/aromatic N) is 2. The van der Waals surface area contributed by atoms with Crippen LogP contribution in [-0.4, -0.2) is 10.8 Å². The molecule has 1 aromatic rings. The van der Waals surface area contributed by atoms with Crippen LogP contribution in [0.5, 0.6) is 5.75 Å². The van der Waals surface area contributed by atoms with Crippen molar-refractivity contribution in [2.45, 2.75) is 39.2 Å². The van der Waals surface area contributed by atoms with E-state index in [4.69, 9.17) is 4.74 Å². The molecule has 0 atom stereocenters. The Labute approximate surface area is 106 Å². The zero-order valence-electron chi connectivity index (χ0n) is 10.8. The molecule has 0 N–H and O–H groups in total. The monoisotopic (exact) mass is 248 g/mol. The lowest BCUT2D eigenvalue weighted by Crippen LogP contribution is -2.29. The number of nitro groups is 1. The third-order valence-corrected chi connectivity index (χ3v) is 3.47. The standard InChI is InChI=1S/C13H16N2O3/c1-4-13(5-2)11-8-10(15(16)17)6-7-12(11)18-9(3)14-13/h6-8H,4-5H2,1-3H3. The summed E-state index contributed by atoms with van der Waals surface area (Å²) in [7, 11) is 0. The number of hydrogen-bond donors (Lipinski definition) is 0. The molecule has 0 spiro atoms. The summed E-state index contributed by atoms with van der Waals surface area (Å²) in [5.74, 6) is 1.29. The third-order valence-electron chi connectivity index (χ3n) is 3.47. The number of aliphatic imine (C=N–C) groups is 1. The topological polar surface area (TPSA) is 64.7 Å². The van der Waals surface area contributed by atoms with Gasteiger partial charge in [-0.25, -0.2) is 4.99 Å². The van der Waals surface area contributed by atoms with Gasteiger partial charge in [-0.3, -0.25) is 10.1 Å². The molecule has 0 radical (unpaired) electrons. The Morgan fingerprint density at radius 2 is 2.06 bits per heavy atom. The second-order valence-corrected chi connectivity index (χ2v) is 4.41. The second-order valence-electron chi connectivity index (χ2n) is 4.41. The second kappa shape index (κ2) is 4.40. The summed E-state index contributed by atoms with van der Waals surface area (Å²) in [5.41, 5.74) is 0.495. The van der Waals surface area contributed by atoms with E-state index in [2.05, 4.69) is 4.99 Å². The van der Waals surface area contributed by atoms with E-state index in [0.29, 0.717) is 11.6 Å². The zero-order chi connectivity index (χ0) is 13.3. The SMILES string of the molecule is CCC1(CC)N=C(C)Oc2ccc([N+](=O)[O-])cc21. The van der Waals surface area contributed by atoms with Crippen molar-refractivity contribution in [2.75, 3.05) is 0 Å². The van der Waals surface area contributed by atoms with Gasteiger partial charge >= 0.3 is 0 Å². The van der Waals surface area contributed by atoms with E-state index in [1.807, 2.05) is 20.8 Å². The predicted molar refractivity (Wildman–Crippen MR) is 69.1 cm³/mol. The van der Waals surface area contributed by atoms with Gasteiger partial charge in [0.05, 0.1) is 10.5 Å². The molecule has 1 aromatic carbocycles. The van der Waals surface area contributed by atoms with Crippen molar-refractivity contribution in [2.24, 2.45) is 4.99 Å². The molecule has 1 heterocycles. The van der Waals surface area contributed by atoms with Crippen LogP contribution < -0.4 is 4.74 Å². The van der Waals surface area contributed by atoms with E-state index in [9.17, 15) is 10.1 Å². The summed E-state index contributed by atoms with van der Waals surface area (Å²) in [6.07, 6.45) is 1.58. The van der Waals surface area contributed by atoms with Crippen LogP contribution in [0.4, 0.5) is 5.69 Å². The Bertz CT molecular complexity index is 519. The molecular formula is C13H16N2O3. The molecule has 5 nitrogen and oxygen atoms in total. The lowest BCUT2D eigenvalue weighted by atomic mass is 9.83. The van der Waals surface area contributed by atoms with Crippen molar-refractivity contribution in [3.63, 3.8) is 0 Å². The minimum atomic E-state index is -0.399. The third kappa shape index (κ3) is 1.85. The Hall–Kier alpha value is -1.91. The fourth-order valence-electron chi connectivity index (χ4n) is 2.42. The normalized spacial score (nSPS) is 16.5. The van der Waals surface area contributed by atoms with Gasteiger partial charge in [-0.05, 0) is 18.9 Å². The van der Waals surface area contributed by atoms with Gasteiger partial charge in [0.25, 0.3) is 5.69 Å². The summed E-state index contributed by atoms with van der Waals surface area (Å²) < 4.78 is 5.55. The molecule has 0 bridgehead atoms. The van der Waals surface area contributed by atoms with Crippen LogP contribution in [-0.2, 0) is 5.54 Å². The molecule has 0 saturated carbocycles. The van der Waals surface area contributed by atoms with Crippen LogP contribution in [0.2, 0.25) is 0 Å². The number of non-ortho nitro benzene ring substituents is 1. The van der Waals surface area contributed by atoms with Crippen LogP contribution in [0.15, 0.2) is 23.2 Å². The Morgan fingerprint density at radius 1 is 1.39 bits per heavy atom. The quantitative estimate of drug-likeness (QED) is 0.608.